The van der Waals surface area contributed by atoms with Gasteiger partial charge < -0.3 is 29.2 Å². The standard InChI is InChI=1S/C32H46N8O10/c1-23(49-27(45)11-15-31(5,21-35)39-37-29(3,19-33)13-9-25(41)42)47-17-7-8-18-48-24(2)50-28(46)12-16-32(6,22-36)40-38-30(4,20-34)14-10-26(43)44/h23-24H,7-18H2,1-6H3,(H,41,42)(H,43,44)/b39-37-,40-38-. The summed E-state index contributed by atoms with van der Waals surface area (Å²) < 4.78 is 21.4. The Balaban J connectivity index is 4.49. The van der Waals surface area contributed by atoms with Gasteiger partial charge in [0, 0.05) is 25.7 Å². The fraction of sp³-hybridized carbons (Fsp3) is 0.750. The van der Waals surface area contributed by atoms with Crippen LogP contribution in [0.4, 0.5) is 0 Å². The fourth-order valence-electron chi connectivity index (χ4n) is 3.60. The van der Waals surface area contributed by atoms with Crippen LogP contribution < -0.4 is 0 Å². The predicted molar refractivity (Wildman–Crippen MR) is 170 cm³/mol. The maximum absolute atomic E-state index is 12.3. The second kappa shape index (κ2) is 21.8. The SMILES string of the molecule is CC(OCCCCOC(C)OC(=O)CCC(C)(C#N)/N=N\C(C)(C#N)CCC(=O)O)OC(=O)CCC(C)(C#N)/N=N\C(C)(C#N)CCC(=O)O. The molecule has 0 spiro atoms. The number of carboxylic acid groups (broad SMARTS) is 2. The van der Waals surface area contributed by atoms with Crippen LogP contribution in [0.15, 0.2) is 20.5 Å². The van der Waals surface area contributed by atoms with Gasteiger partial charge in [-0.1, -0.05) is 0 Å². The lowest BCUT2D eigenvalue weighted by molar-refractivity contribution is -0.178. The van der Waals surface area contributed by atoms with Crippen molar-refractivity contribution in [3.8, 4) is 24.3 Å². The summed E-state index contributed by atoms with van der Waals surface area (Å²) in [4.78, 5) is 46.2. The summed E-state index contributed by atoms with van der Waals surface area (Å²) in [6, 6.07) is 7.67. The zero-order valence-corrected chi connectivity index (χ0v) is 29.4. The van der Waals surface area contributed by atoms with Crippen molar-refractivity contribution in [2.75, 3.05) is 13.2 Å². The molecule has 0 aromatic heterocycles. The smallest absolute Gasteiger partial charge is 0.308 e. The normalized spacial score (nSPS) is 17.2. The van der Waals surface area contributed by atoms with Crippen molar-refractivity contribution in [1.82, 2.24) is 0 Å². The average Bonchev–Trinajstić information content (AvgIpc) is 3.07. The van der Waals surface area contributed by atoms with Gasteiger partial charge in [-0.15, -0.1) is 0 Å². The number of nitrogens with zero attached hydrogens (tertiary/aromatic N) is 8. The zero-order chi connectivity index (χ0) is 38.4. The highest BCUT2D eigenvalue weighted by atomic mass is 16.7. The van der Waals surface area contributed by atoms with Gasteiger partial charge in [0.15, 0.2) is 34.7 Å². The van der Waals surface area contributed by atoms with Crippen LogP contribution in [-0.4, -0.2) is 82.0 Å². The zero-order valence-electron chi connectivity index (χ0n) is 29.4. The van der Waals surface area contributed by atoms with E-state index in [-0.39, 0.29) is 64.6 Å². The maximum Gasteiger partial charge on any atom is 0.308 e. The summed E-state index contributed by atoms with van der Waals surface area (Å²) in [5.74, 6) is -3.47. The third kappa shape index (κ3) is 19.7. The maximum atomic E-state index is 12.3. The van der Waals surface area contributed by atoms with E-state index in [1.165, 1.54) is 41.5 Å². The minimum Gasteiger partial charge on any atom is -0.481 e. The molecule has 18 nitrogen and oxygen atoms in total. The van der Waals surface area contributed by atoms with Gasteiger partial charge in [0.1, 0.15) is 0 Å². The quantitative estimate of drug-likeness (QED) is 0.0553. The molecule has 0 bridgehead atoms. The summed E-state index contributed by atoms with van der Waals surface area (Å²) in [6.07, 6.45) is -1.98. The van der Waals surface area contributed by atoms with Crippen molar-refractivity contribution >= 4 is 23.9 Å². The first-order valence-corrected chi connectivity index (χ1v) is 15.9. The molecule has 0 aliphatic carbocycles. The number of rotatable bonds is 25. The lowest BCUT2D eigenvalue weighted by atomic mass is 9.97. The summed E-state index contributed by atoms with van der Waals surface area (Å²) in [5, 5.41) is 71.1. The third-order valence-corrected chi connectivity index (χ3v) is 7.07. The molecular weight excluding hydrogens is 656 g/mol. The number of esters is 2. The Hall–Kier alpha value is -5.04. The van der Waals surface area contributed by atoms with E-state index in [4.69, 9.17) is 29.2 Å². The Labute approximate surface area is 291 Å². The molecule has 0 rings (SSSR count). The molecule has 2 N–H and O–H groups in total. The number of unbranched alkanes of at least 4 members (excludes halogenated alkanes) is 1. The van der Waals surface area contributed by atoms with Crippen LogP contribution in [0, 0.1) is 45.3 Å². The molecule has 0 fully saturated rings. The number of azo groups is 2. The number of ether oxygens (including phenoxy) is 4. The van der Waals surface area contributed by atoms with Crippen LogP contribution in [0.25, 0.3) is 0 Å². The molecule has 0 aliphatic rings. The summed E-state index contributed by atoms with van der Waals surface area (Å²) in [7, 11) is 0. The van der Waals surface area contributed by atoms with E-state index in [0.29, 0.717) is 12.8 Å². The topological polar surface area (TPSA) is 290 Å². The van der Waals surface area contributed by atoms with Gasteiger partial charge in [0.25, 0.3) is 0 Å². The van der Waals surface area contributed by atoms with Crippen molar-refractivity contribution in [3.63, 3.8) is 0 Å². The first kappa shape index (κ1) is 45.0. The molecule has 6 unspecified atom stereocenters. The monoisotopic (exact) mass is 702 g/mol. The highest BCUT2D eigenvalue weighted by Gasteiger charge is 2.31. The van der Waals surface area contributed by atoms with Crippen LogP contribution in [0.3, 0.4) is 0 Å². The minimum absolute atomic E-state index is 0.0557. The van der Waals surface area contributed by atoms with Gasteiger partial charge in [0.2, 0.25) is 0 Å². The molecule has 274 valence electrons. The second-order valence-corrected chi connectivity index (χ2v) is 12.3. The molecule has 0 radical (unpaired) electrons. The van der Waals surface area contributed by atoms with Crippen LogP contribution in [-0.2, 0) is 38.1 Å². The van der Waals surface area contributed by atoms with Gasteiger partial charge in [-0.05, 0) is 80.1 Å². The van der Waals surface area contributed by atoms with Gasteiger partial charge >= 0.3 is 23.9 Å². The third-order valence-electron chi connectivity index (χ3n) is 7.07. The average molecular weight is 703 g/mol. The number of carbonyl (C=O) groups excluding carboxylic acids is 2. The number of carboxylic acids is 2. The van der Waals surface area contributed by atoms with Gasteiger partial charge in [0.05, 0.1) is 37.5 Å². The molecule has 6 atom stereocenters. The number of aliphatic carboxylic acids is 2. The van der Waals surface area contributed by atoms with Crippen molar-refractivity contribution < 1.29 is 48.3 Å². The molecule has 0 heterocycles. The molecule has 0 amide bonds. The number of carbonyl (C=O) groups is 4. The van der Waals surface area contributed by atoms with Gasteiger partial charge in [-0.25, -0.2) is 0 Å². The predicted octanol–water partition coefficient (Wildman–Crippen LogP) is 4.90. The number of nitriles is 4. The highest BCUT2D eigenvalue weighted by Crippen LogP contribution is 2.25. The molecule has 0 saturated carbocycles. The van der Waals surface area contributed by atoms with Crippen molar-refractivity contribution in [2.24, 2.45) is 20.5 Å². The minimum atomic E-state index is -1.44. The van der Waals surface area contributed by atoms with Crippen LogP contribution in [0.1, 0.15) is 106 Å². The molecule has 0 saturated heterocycles. The highest BCUT2D eigenvalue weighted by molar-refractivity contribution is 5.70. The Morgan fingerprint density at radius 3 is 1.06 bits per heavy atom. The van der Waals surface area contributed by atoms with E-state index in [2.05, 4.69) is 20.5 Å². The Morgan fingerprint density at radius 1 is 0.560 bits per heavy atom. The molecule has 50 heavy (non-hydrogen) atoms. The number of hydrogen-bond acceptors (Lipinski definition) is 16. The van der Waals surface area contributed by atoms with E-state index in [1.54, 1.807) is 0 Å². The molecule has 0 aromatic rings. The van der Waals surface area contributed by atoms with Crippen LogP contribution in [0.2, 0.25) is 0 Å². The molecule has 18 heteroatoms. The molecular formula is C32H46N8O10. The summed E-state index contributed by atoms with van der Waals surface area (Å²) in [6.45, 7) is 9.18. The second-order valence-electron chi connectivity index (χ2n) is 12.3. The lowest BCUT2D eigenvalue weighted by Gasteiger charge is -2.20. The van der Waals surface area contributed by atoms with Crippen molar-refractivity contribution in [3.05, 3.63) is 0 Å². The van der Waals surface area contributed by atoms with E-state index in [1.807, 2.05) is 24.3 Å². The van der Waals surface area contributed by atoms with E-state index in [9.17, 15) is 40.2 Å². The Kier molecular flexibility index (Phi) is 19.6. The van der Waals surface area contributed by atoms with Crippen LogP contribution in [0.5, 0.6) is 0 Å². The fourth-order valence-corrected chi connectivity index (χ4v) is 3.60. The Morgan fingerprint density at radius 2 is 0.820 bits per heavy atom. The number of hydrogen-bond donors (Lipinski definition) is 2. The van der Waals surface area contributed by atoms with E-state index < -0.39 is 58.6 Å². The van der Waals surface area contributed by atoms with Crippen LogP contribution >= 0.6 is 0 Å². The summed E-state index contributed by atoms with van der Waals surface area (Å²) in [5.41, 5.74) is -5.74. The first-order valence-electron chi connectivity index (χ1n) is 15.9. The van der Waals surface area contributed by atoms with Crippen molar-refractivity contribution in [2.45, 2.75) is 140 Å². The van der Waals surface area contributed by atoms with E-state index in [0.717, 1.165) is 0 Å². The molecule has 0 aliphatic heterocycles. The summed E-state index contributed by atoms with van der Waals surface area (Å²) >= 11 is 0. The largest absolute Gasteiger partial charge is 0.481 e. The molecule has 0 aromatic carbocycles. The lowest BCUT2D eigenvalue weighted by Crippen LogP contribution is -2.26. The van der Waals surface area contributed by atoms with Gasteiger partial charge in [-0.3, -0.25) is 19.2 Å². The van der Waals surface area contributed by atoms with Crippen molar-refractivity contribution in [1.29, 1.82) is 21.0 Å². The van der Waals surface area contributed by atoms with E-state index >= 15 is 0 Å². The van der Waals surface area contributed by atoms with Gasteiger partial charge in [-0.2, -0.15) is 41.5 Å². The Bertz CT molecular complexity index is 1290. The first-order chi connectivity index (χ1) is 23.3.